The molecule has 2 aromatic rings. The fourth-order valence-corrected chi connectivity index (χ4v) is 4.10. The molecular formula is C19H23FN4O2. The maximum Gasteiger partial charge on any atom is 0.226 e. The highest BCUT2D eigenvalue weighted by molar-refractivity contribution is 5.79. The number of aliphatic hydroxyl groups is 1. The number of H-pyrrole nitrogens is 1. The Labute approximate surface area is 151 Å². The molecule has 138 valence electrons. The molecule has 4 rings (SSSR count). The Morgan fingerprint density at radius 2 is 2.08 bits per heavy atom. The Balaban J connectivity index is 1.35. The third kappa shape index (κ3) is 3.49. The number of carbonyl (C=O) groups excluding carboxylic acids is 1. The molecule has 1 saturated heterocycles. The van der Waals surface area contributed by atoms with E-state index in [2.05, 4.69) is 15.4 Å². The molecular weight excluding hydrogens is 335 g/mol. The van der Waals surface area contributed by atoms with Gasteiger partial charge in [0.05, 0.1) is 17.0 Å². The summed E-state index contributed by atoms with van der Waals surface area (Å²) in [7, 11) is 0. The van der Waals surface area contributed by atoms with Gasteiger partial charge < -0.3 is 10.0 Å². The van der Waals surface area contributed by atoms with Gasteiger partial charge in [-0.3, -0.25) is 4.79 Å². The van der Waals surface area contributed by atoms with Crippen LogP contribution in [0.5, 0.6) is 0 Å². The van der Waals surface area contributed by atoms with E-state index in [1.54, 1.807) is 6.07 Å². The molecule has 1 atom stereocenters. The summed E-state index contributed by atoms with van der Waals surface area (Å²) in [6, 6.07) is 6.36. The lowest BCUT2D eigenvalue weighted by atomic mass is 9.83. The lowest BCUT2D eigenvalue weighted by Gasteiger charge is -2.40. The number of benzene rings is 1. The highest BCUT2D eigenvalue weighted by atomic mass is 19.1. The van der Waals surface area contributed by atoms with Gasteiger partial charge in [-0.15, -0.1) is 0 Å². The van der Waals surface area contributed by atoms with Crippen LogP contribution in [0.3, 0.4) is 0 Å². The van der Waals surface area contributed by atoms with Gasteiger partial charge in [-0.05, 0) is 43.4 Å². The molecule has 26 heavy (non-hydrogen) atoms. The Kier molecular flexibility index (Phi) is 4.48. The van der Waals surface area contributed by atoms with Crippen LogP contribution in [0.2, 0.25) is 0 Å². The summed E-state index contributed by atoms with van der Waals surface area (Å²) in [5, 5.41) is 21.7. The monoisotopic (exact) mass is 358 g/mol. The first-order valence-electron chi connectivity index (χ1n) is 9.17. The first kappa shape index (κ1) is 17.1. The summed E-state index contributed by atoms with van der Waals surface area (Å²) in [6.45, 7) is 1.07. The number of halogens is 1. The van der Waals surface area contributed by atoms with Crippen molar-refractivity contribution in [3.05, 3.63) is 47.0 Å². The van der Waals surface area contributed by atoms with Crippen molar-refractivity contribution >= 4 is 5.91 Å². The molecule has 0 bridgehead atoms. The second-order valence-electron chi connectivity index (χ2n) is 7.51. The highest BCUT2D eigenvalue weighted by Gasteiger charge is 2.37. The van der Waals surface area contributed by atoms with Gasteiger partial charge in [-0.1, -0.05) is 12.1 Å². The maximum atomic E-state index is 13.4. The van der Waals surface area contributed by atoms with Gasteiger partial charge in [0.25, 0.3) is 0 Å². The Morgan fingerprint density at radius 3 is 2.85 bits per heavy atom. The minimum absolute atomic E-state index is 0.0537. The number of nitrogens with one attached hydrogen (secondary N) is 1. The highest BCUT2D eigenvalue weighted by Crippen LogP contribution is 2.30. The molecule has 2 aliphatic rings. The quantitative estimate of drug-likeness (QED) is 0.874. The number of likely N-dealkylation sites (tertiary alicyclic amines) is 1. The van der Waals surface area contributed by atoms with Crippen LogP contribution in [0, 0.1) is 11.7 Å². The van der Waals surface area contributed by atoms with Gasteiger partial charge in [-0.25, -0.2) is 4.39 Å². The summed E-state index contributed by atoms with van der Waals surface area (Å²) < 4.78 is 13.4. The van der Waals surface area contributed by atoms with Gasteiger partial charge in [0.1, 0.15) is 5.82 Å². The van der Waals surface area contributed by atoms with E-state index in [0.29, 0.717) is 38.8 Å². The first-order valence-corrected chi connectivity index (χ1v) is 9.17. The number of hydrogen-bond donors (Lipinski definition) is 2. The van der Waals surface area contributed by atoms with E-state index in [4.69, 9.17) is 0 Å². The average molecular weight is 358 g/mol. The topological polar surface area (TPSA) is 82.1 Å². The lowest BCUT2D eigenvalue weighted by Crippen LogP contribution is -2.49. The van der Waals surface area contributed by atoms with Crippen molar-refractivity contribution in [2.24, 2.45) is 5.92 Å². The Morgan fingerprint density at radius 1 is 1.31 bits per heavy atom. The average Bonchev–Trinajstić information content (AvgIpc) is 3.09. The van der Waals surface area contributed by atoms with E-state index >= 15 is 0 Å². The van der Waals surface area contributed by atoms with Gasteiger partial charge in [-0.2, -0.15) is 15.4 Å². The number of aryl methyl sites for hydroxylation is 1. The molecule has 1 aromatic carbocycles. The number of nitrogens with zero attached hydrogens (tertiary/aromatic N) is 3. The zero-order valence-electron chi connectivity index (χ0n) is 14.6. The second-order valence-corrected chi connectivity index (χ2v) is 7.51. The van der Waals surface area contributed by atoms with Crippen molar-refractivity contribution < 1.29 is 14.3 Å². The van der Waals surface area contributed by atoms with Crippen LogP contribution in [-0.2, 0) is 24.1 Å². The van der Waals surface area contributed by atoms with Crippen molar-refractivity contribution in [1.82, 2.24) is 20.3 Å². The van der Waals surface area contributed by atoms with Crippen molar-refractivity contribution in [2.75, 3.05) is 13.1 Å². The molecule has 0 spiro atoms. The first-order chi connectivity index (χ1) is 12.5. The smallest absolute Gasteiger partial charge is 0.226 e. The molecule has 2 N–H and O–H groups in total. The molecule has 1 aromatic heterocycles. The number of amides is 1. The number of piperidine rings is 1. The van der Waals surface area contributed by atoms with Crippen molar-refractivity contribution in [3.8, 4) is 0 Å². The molecule has 6 nitrogen and oxygen atoms in total. The number of aromatic amines is 1. The van der Waals surface area contributed by atoms with Crippen molar-refractivity contribution in [2.45, 2.75) is 44.1 Å². The van der Waals surface area contributed by atoms with Crippen LogP contribution < -0.4 is 0 Å². The van der Waals surface area contributed by atoms with Crippen LogP contribution in [0.4, 0.5) is 4.39 Å². The second kappa shape index (κ2) is 6.79. The predicted octanol–water partition coefficient (Wildman–Crippen LogP) is 1.64. The van der Waals surface area contributed by atoms with Crippen molar-refractivity contribution in [1.29, 1.82) is 0 Å². The van der Waals surface area contributed by atoms with Gasteiger partial charge >= 0.3 is 0 Å². The van der Waals surface area contributed by atoms with Crippen LogP contribution in [-0.4, -0.2) is 50.0 Å². The maximum absolute atomic E-state index is 13.4. The zero-order chi connectivity index (χ0) is 18.1. The molecule has 1 amide bonds. The molecule has 1 fully saturated rings. The van der Waals surface area contributed by atoms with Crippen molar-refractivity contribution in [3.63, 3.8) is 0 Å². The van der Waals surface area contributed by atoms with E-state index in [-0.39, 0.29) is 17.6 Å². The normalized spacial score (nSPS) is 22.1. The largest absolute Gasteiger partial charge is 0.389 e. The number of aromatic nitrogens is 3. The lowest BCUT2D eigenvalue weighted by molar-refractivity contribution is -0.140. The van der Waals surface area contributed by atoms with E-state index < -0.39 is 5.60 Å². The number of hydrogen-bond acceptors (Lipinski definition) is 4. The number of rotatable bonds is 3. The SMILES string of the molecule is O=C(C1CCc2n[nH]nc2C1)N1CCC(O)(Cc2cccc(F)c2)CC1. The van der Waals surface area contributed by atoms with Gasteiger partial charge in [0.2, 0.25) is 5.91 Å². The molecule has 1 aliphatic carbocycles. The molecule has 7 heteroatoms. The molecule has 2 heterocycles. The van der Waals surface area contributed by atoms with Crippen LogP contribution in [0.15, 0.2) is 24.3 Å². The molecule has 0 radical (unpaired) electrons. The van der Waals surface area contributed by atoms with Gasteiger partial charge in [0.15, 0.2) is 0 Å². The molecule has 1 unspecified atom stereocenters. The third-order valence-corrected chi connectivity index (χ3v) is 5.65. The van der Waals surface area contributed by atoms with Gasteiger partial charge in [0, 0.05) is 31.8 Å². The third-order valence-electron chi connectivity index (χ3n) is 5.65. The fourth-order valence-electron chi connectivity index (χ4n) is 4.10. The van der Waals surface area contributed by atoms with Crippen LogP contribution >= 0.6 is 0 Å². The van der Waals surface area contributed by atoms with Crippen LogP contribution in [0.1, 0.15) is 36.2 Å². The standard InChI is InChI=1S/C19H23FN4O2/c20-15-3-1-2-13(10-15)12-19(26)6-8-24(9-7-19)18(25)14-4-5-16-17(11-14)22-23-21-16/h1-3,10,14,26H,4-9,11-12H2,(H,21,22,23). The summed E-state index contributed by atoms with van der Waals surface area (Å²) in [6.07, 6.45) is 3.64. The minimum Gasteiger partial charge on any atom is -0.389 e. The summed E-state index contributed by atoms with van der Waals surface area (Å²) >= 11 is 0. The molecule has 0 saturated carbocycles. The number of fused-ring (bicyclic) bond motifs is 1. The predicted molar refractivity (Wildman–Crippen MR) is 92.8 cm³/mol. The summed E-state index contributed by atoms with van der Waals surface area (Å²) in [4.78, 5) is 14.7. The van der Waals surface area contributed by atoms with E-state index in [9.17, 15) is 14.3 Å². The Bertz CT molecular complexity index is 798. The minimum atomic E-state index is -0.879. The van der Waals surface area contributed by atoms with E-state index in [1.807, 2.05) is 11.0 Å². The Hall–Kier alpha value is -2.28. The van der Waals surface area contributed by atoms with E-state index in [0.717, 1.165) is 29.8 Å². The fraction of sp³-hybridized carbons (Fsp3) is 0.526. The van der Waals surface area contributed by atoms with E-state index in [1.165, 1.54) is 12.1 Å². The molecule has 1 aliphatic heterocycles. The number of carbonyl (C=O) groups is 1. The zero-order valence-corrected chi connectivity index (χ0v) is 14.6. The van der Waals surface area contributed by atoms with Crippen LogP contribution in [0.25, 0.3) is 0 Å². The summed E-state index contributed by atoms with van der Waals surface area (Å²) in [5.41, 5.74) is 1.78. The summed E-state index contributed by atoms with van der Waals surface area (Å²) in [5.74, 6) is -0.197.